The van der Waals surface area contributed by atoms with Crippen LogP contribution in [0.3, 0.4) is 0 Å². The van der Waals surface area contributed by atoms with Crippen molar-refractivity contribution >= 4 is 11.9 Å². The molecule has 0 aliphatic rings. The molecule has 0 radical (unpaired) electrons. The number of carbonyl (C=O) groups excluding carboxylic acids is 2. The summed E-state index contributed by atoms with van der Waals surface area (Å²) in [6.45, 7) is 9.57. The zero-order valence-corrected chi connectivity index (χ0v) is 28.4. The molecule has 0 fully saturated rings. The highest BCUT2D eigenvalue weighted by atomic mass is 16.6. The van der Waals surface area contributed by atoms with E-state index in [-0.39, 0.29) is 0 Å². The summed E-state index contributed by atoms with van der Waals surface area (Å²) in [6, 6.07) is 21.8. The van der Waals surface area contributed by atoms with Crippen molar-refractivity contribution < 1.29 is 28.5 Å². The number of unbranched alkanes of at least 4 members (excludes halogenated alkanes) is 8. The smallest absolute Gasteiger partial charge is 0.343 e. The molecular weight excluding hydrogens is 576 g/mol. The number of hydrogen-bond acceptors (Lipinski definition) is 6. The standard InChI is InChI=1S/C40H54O6/c1-5-8-10-11-12-13-14-15-29-43-36-23-21-35(22-24-36)40(42)46-38-27-19-34(20-28-38)33-17-25-37(26-18-33)45-39(41)31(4)44-30-32(7-3)16-9-6-2/h17-28,31-32H,5-16,29-30H2,1-4H3/t31-,32+/m0/s1. The van der Waals surface area contributed by atoms with Crippen molar-refractivity contribution in [2.75, 3.05) is 13.2 Å². The van der Waals surface area contributed by atoms with Crippen LogP contribution in [0.25, 0.3) is 11.1 Å². The van der Waals surface area contributed by atoms with Crippen LogP contribution < -0.4 is 14.2 Å². The van der Waals surface area contributed by atoms with Crippen LogP contribution in [0.5, 0.6) is 17.2 Å². The van der Waals surface area contributed by atoms with Crippen LogP contribution in [0.1, 0.15) is 115 Å². The Morgan fingerprint density at radius 3 is 1.70 bits per heavy atom. The van der Waals surface area contributed by atoms with Gasteiger partial charge in [-0.1, -0.05) is 109 Å². The molecule has 3 rings (SSSR count). The number of benzene rings is 3. The van der Waals surface area contributed by atoms with Gasteiger partial charge in [-0.25, -0.2) is 9.59 Å². The van der Waals surface area contributed by atoms with Gasteiger partial charge in [0.05, 0.1) is 18.8 Å². The summed E-state index contributed by atoms with van der Waals surface area (Å²) < 4.78 is 22.8. The monoisotopic (exact) mass is 630 g/mol. The van der Waals surface area contributed by atoms with Crippen molar-refractivity contribution in [3.05, 3.63) is 78.4 Å². The Morgan fingerprint density at radius 2 is 1.13 bits per heavy atom. The third-order valence-corrected chi connectivity index (χ3v) is 8.28. The maximum Gasteiger partial charge on any atom is 0.343 e. The maximum atomic E-state index is 12.7. The minimum absolute atomic E-state index is 0.398. The van der Waals surface area contributed by atoms with Gasteiger partial charge in [-0.05, 0) is 85.3 Å². The molecule has 0 N–H and O–H groups in total. The van der Waals surface area contributed by atoms with E-state index in [1.807, 2.05) is 36.4 Å². The fourth-order valence-corrected chi connectivity index (χ4v) is 5.16. The number of rotatable bonds is 22. The first-order chi connectivity index (χ1) is 22.4. The Labute approximate surface area is 276 Å². The molecule has 0 saturated carbocycles. The Bertz CT molecular complexity index is 1270. The molecule has 0 aromatic heterocycles. The van der Waals surface area contributed by atoms with Crippen LogP contribution in [0.4, 0.5) is 0 Å². The second kappa shape index (κ2) is 21.2. The molecule has 6 nitrogen and oxygen atoms in total. The van der Waals surface area contributed by atoms with E-state index in [1.165, 1.54) is 51.4 Å². The Morgan fingerprint density at radius 1 is 0.609 bits per heavy atom. The lowest BCUT2D eigenvalue weighted by molar-refractivity contribution is -0.147. The molecule has 46 heavy (non-hydrogen) atoms. The molecule has 0 aliphatic heterocycles. The highest BCUT2D eigenvalue weighted by Crippen LogP contribution is 2.26. The first-order valence-electron chi connectivity index (χ1n) is 17.4. The lowest BCUT2D eigenvalue weighted by Gasteiger charge is -2.18. The molecule has 6 heteroatoms. The van der Waals surface area contributed by atoms with Crippen molar-refractivity contribution in [2.45, 2.75) is 111 Å². The second-order valence-corrected chi connectivity index (χ2v) is 12.1. The summed E-state index contributed by atoms with van der Waals surface area (Å²) in [5.74, 6) is 1.34. The van der Waals surface area contributed by atoms with Gasteiger partial charge in [-0.15, -0.1) is 0 Å². The number of esters is 2. The van der Waals surface area contributed by atoms with Crippen LogP contribution in [-0.2, 0) is 9.53 Å². The van der Waals surface area contributed by atoms with E-state index in [9.17, 15) is 9.59 Å². The number of ether oxygens (including phenoxy) is 4. The Kier molecular flexibility index (Phi) is 17.0. The molecule has 0 bridgehead atoms. The Balaban J connectivity index is 1.40. The molecule has 3 aromatic carbocycles. The van der Waals surface area contributed by atoms with Crippen molar-refractivity contribution in [1.82, 2.24) is 0 Å². The van der Waals surface area contributed by atoms with E-state index >= 15 is 0 Å². The van der Waals surface area contributed by atoms with Crippen molar-refractivity contribution in [3.8, 4) is 28.4 Å². The Hall–Kier alpha value is -3.64. The number of carbonyl (C=O) groups is 2. The van der Waals surface area contributed by atoms with E-state index in [2.05, 4.69) is 20.8 Å². The van der Waals surface area contributed by atoms with Gasteiger partial charge in [0.15, 0.2) is 6.10 Å². The first kappa shape index (κ1) is 36.8. The van der Waals surface area contributed by atoms with E-state index in [4.69, 9.17) is 18.9 Å². The predicted molar refractivity (Wildman–Crippen MR) is 186 cm³/mol. The minimum Gasteiger partial charge on any atom is -0.494 e. The van der Waals surface area contributed by atoms with Gasteiger partial charge < -0.3 is 18.9 Å². The third-order valence-electron chi connectivity index (χ3n) is 8.28. The fourth-order valence-electron chi connectivity index (χ4n) is 5.16. The highest BCUT2D eigenvalue weighted by Gasteiger charge is 2.18. The van der Waals surface area contributed by atoms with Gasteiger partial charge in [0.2, 0.25) is 0 Å². The summed E-state index contributed by atoms with van der Waals surface area (Å²) in [5, 5.41) is 0. The summed E-state index contributed by atoms with van der Waals surface area (Å²) in [5.41, 5.74) is 2.37. The summed E-state index contributed by atoms with van der Waals surface area (Å²) in [6.07, 6.45) is 14.0. The maximum absolute atomic E-state index is 12.7. The van der Waals surface area contributed by atoms with Gasteiger partial charge in [-0.2, -0.15) is 0 Å². The van der Waals surface area contributed by atoms with Gasteiger partial charge in [0.25, 0.3) is 0 Å². The average molecular weight is 631 g/mol. The van der Waals surface area contributed by atoms with Crippen LogP contribution in [0.15, 0.2) is 72.8 Å². The lowest BCUT2D eigenvalue weighted by atomic mass is 10.0. The summed E-state index contributed by atoms with van der Waals surface area (Å²) in [7, 11) is 0. The molecule has 0 spiro atoms. The molecule has 0 unspecified atom stereocenters. The van der Waals surface area contributed by atoms with Crippen LogP contribution >= 0.6 is 0 Å². The summed E-state index contributed by atoms with van der Waals surface area (Å²) in [4.78, 5) is 25.2. The first-order valence-corrected chi connectivity index (χ1v) is 17.4. The van der Waals surface area contributed by atoms with Gasteiger partial charge in [0, 0.05) is 0 Å². The molecule has 0 heterocycles. The van der Waals surface area contributed by atoms with Gasteiger partial charge >= 0.3 is 11.9 Å². The van der Waals surface area contributed by atoms with Crippen molar-refractivity contribution in [2.24, 2.45) is 5.92 Å². The molecule has 3 aromatic rings. The van der Waals surface area contributed by atoms with Crippen molar-refractivity contribution in [1.29, 1.82) is 0 Å². The van der Waals surface area contributed by atoms with Gasteiger partial charge in [0.1, 0.15) is 17.2 Å². The van der Waals surface area contributed by atoms with E-state index in [1.54, 1.807) is 43.3 Å². The third kappa shape index (κ3) is 13.4. The zero-order valence-electron chi connectivity index (χ0n) is 28.4. The van der Waals surface area contributed by atoms with Gasteiger partial charge in [-0.3, -0.25) is 0 Å². The van der Waals surface area contributed by atoms with Crippen LogP contribution in [0.2, 0.25) is 0 Å². The molecular formula is C40H54O6. The molecule has 0 aliphatic carbocycles. The number of hydrogen-bond donors (Lipinski definition) is 0. The molecule has 0 saturated heterocycles. The topological polar surface area (TPSA) is 71.1 Å². The van der Waals surface area contributed by atoms with E-state index in [0.29, 0.717) is 36.2 Å². The molecule has 250 valence electrons. The van der Waals surface area contributed by atoms with E-state index < -0.39 is 18.0 Å². The second-order valence-electron chi connectivity index (χ2n) is 12.1. The normalized spacial score (nSPS) is 12.3. The van der Waals surface area contributed by atoms with Crippen LogP contribution in [0, 0.1) is 5.92 Å². The SMILES string of the molecule is CCCCCCCCCCOc1ccc(C(=O)Oc2ccc(-c3ccc(OC(=O)[C@H](C)OC[C@H](CC)CCCC)cc3)cc2)cc1. The fraction of sp³-hybridized carbons (Fsp3) is 0.500. The zero-order chi connectivity index (χ0) is 33.0. The molecule has 2 atom stereocenters. The largest absolute Gasteiger partial charge is 0.494 e. The minimum atomic E-state index is -0.624. The highest BCUT2D eigenvalue weighted by molar-refractivity contribution is 5.91. The van der Waals surface area contributed by atoms with E-state index in [0.717, 1.165) is 42.6 Å². The van der Waals surface area contributed by atoms with Crippen molar-refractivity contribution in [3.63, 3.8) is 0 Å². The lowest BCUT2D eigenvalue weighted by Crippen LogP contribution is -2.28. The average Bonchev–Trinajstić information content (AvgIpc) is 3.08. The predicted octanol–water partition coefficient (Wildman–Crippen LogP) is 10.6. The quantitative estimate of drug-likeness (QED) is 0.0625. The molecule has 0 amide bonds. The summed E-state index contributed by atoms with van der Waals surface area (Å²) >= 11 is 0. The van der Waals surface area contributed by atoms with Crippen LogP contribution in [-0.4, -0.2) is 31.3 Å².